The zero-order chi connectivity index (χ0) is 11.3. The number of nitrogens with two attached hydrogens (primary N) is 1. The molecule has 0 saturated heterocycles. The van der Waals surface area contributed by atoms with Crippen molar-refractivity contribution in [3.8, 4) is 5.75 Å². The number of amides is 2. The van der Waals surface area contributed by atoms with Crippen LogP contribution in [0, 0.1) is 0 Å². The number of nitrogens with one attached hydrogen (secondary N) is 1. The Morgan fingerprint density at radius 3 is 2.73 bits per heavy atom. The number of primary amides is 1. The number of ether oxygens (including phenoxy) is 2. The first kappa shape index (κ1) is 10.8. The van der Waals surface area contributed by atoms with Gasteiger partial charge in [-0.25, -0.2) is 9.59 Å². The Kier molecular flexibility index (Phi) is 3.50. The molecule has 1 aromatic rings. The number of hydrogen-bond donors (Lipinski definition) is 2. The van der Waals surface area contributed by atoms with Crippen LogP contribution in [0.1, 0.15) is 0 Å². The highest BCUT2D eigenvalue weighted by Gasteiger charge is 2.03. The van der Waals surface area contributed by atoms with Gasteiger partial charge >= 0.3 is 12.2 Å². The lowest BCUT2D eigenvalue weighted by Crippen LogP contribution is -2.16. The molecule has 0 fully saturated rings. The zero-order valence-electron chi connectivity index (χ0n) is 8.02. The van der Waals surface area contributed by atoms with Gasteiger partial charge in [-0.15, -0.1) is 0 Å². The molecule has 0 atom stereocenters. The quantitative estimate of drug-likeness (QED) is 0.770. The summed E-state index contributed by atoms with van der Waals surface area (Å²) >= 11 is 0. The third kappa shape index (κ3) is 3.55. The van der Waals surface area contributed by atoms with Crippen LogP contribution in [-0.2, 0) is 4.74 Å². The fraction of sp³-hybridized carbons (Fsp3) is 0.111. The van der Waals surface area contributed by atoms with Crippen molar-refractivity contribution in [3.05, 3.63) is 24.3 Å². The van der Waals surface area contributed by atoms with Gasteiger partial charge in [-0.2, -0.15) is 0 Å². The Labute approximate surface area is 86.0 Å². The summed E-state index contributed by atoms with van der Waals surface area (Å²) in [5.74, 6) is 0.247. The molecule has 1 aromatic carbocycles. The van der Waals surface area contributed by atoms with E-state index in [1.54, 1.807) is 12.1 Å². The Balaban J connectivity index is 2.74. The SMILES string of the molecule is COC(=O)Nc1cccc(OC(N)=O)c1. The summed E-state index contributed by atoms with van der Waals surface area (Å²) in [5, 5.41) is 2.41. The van der Waals surface area contributed by atoms with Gasteiger partial charge in [-0.05, 0) is 12.1 Å². The van der Waals surface area contributed by atoms with Crippen molar-refractivity contribution >= 4 is 17.9 Å². The molecular weight excluding hydrogens is 200 g/mol. The molecule has 6 nitrogen and oxygen atoms in total. The number of rotatable bonds is 2. The van der Waals surface area contributed by atoms with Crippen molar-refractivity contribution in [2.45, 2.75) is 0 Å². The van der Waals surface area contributed by atoms with Crippen molar-refractivity contribution in [1.29, 1.82) is 0 Å². The van der Waals surface area contributed by atoms with E-state index in [-0.39, 0.29) is 5.75 Å². The Hall–Kier alpha value is -2.24. The largest absolute Gasteiger partial charge is 0.453 e. The molecule has 3 N–H and O–H groups in total. The van der Waals surface area contributed by atoms with E-state index in [1.807, 2.05) is 0 Å². The molecule has 2 amide bonds. The van der Waals surface area contributed by atoms with Gasteiger partial charge in [0.2, 0.25) is 0 Å². The molecule has 0 aliphatic rings. The molecule has 15 heavy (non-hydrogen) atoms. The van der Waals surface area contributed by atoms with Gasteiger partial charge in [0.1, 0.15) is 5.75 Å². The number of hydrogen-bond acceptors (Lipinski definition) is 4. The van der Waals surface area contributed by atoms with Gasteiger partial charge in [-0.3, -0.25) is 5.32 Å². The van der Waals surface area contributed by atoms with Crippen LogP contribution in [0.25, 0.3) is 0 Å². The Bertz CT molecular complexity index is 378. The van der Waals surface area contributed by atoms with Gasteiger partial charge in [0.15, 0.2) is 0 Å². The van der Waals surface area contributed by atoms with E-state index in [9.17, 15) is 9.59 Å². The highest BCUT2D eigenvalue weighted by molar-refractivity contribution is 5.84. The van der Waals surface area contributed by atoms with E-state index in [0.29, 0.717) is 5.69 Å². The normalized spacial score (nSPS) is 9.13. The summed E-state index contributed by atoms with van der Waals surface area (Å²) in [4.78, 5) is 21.3. The number of anilines is 1. The first-order valence-electron chi connectivity index (χ1n) is 4.04. The lowest BCUT2D eigenvalue weighted by atomic mass is 10.3. The van der Waals surface area contributed by atoms with Gasteiger partial charge in [0, 0.05) is 11.8 Å². The lowest BCUT2D eigenvalue weighted by Gasteiger charge is -2.05. The number of carbonyl (C=O) groups is 2. The van der Waals surface area contributed by atoms with Crippen molar-refractivity contribution < 1.29 is 19.1 Å². The van der Waals surface area contributed by atoms with Crippen molar-refractivity contribution in [1.82, 2.24) is 0 Å². The van der Waals surface area contributed by atoms with Crippen LogP contribution < -0.4 is 15.8 Å². The maximum absolute atomic E-state index is 10.8. The average Bonchev–Trinajstić information content (AvgIpc) is 2.17. The van der Waals surface area contributed by atoms with Crippen molar-refractivity contribution in [2.24, 2.45) is 5.73 Å². The van der Waals surface area contributed by atoms with Crippen LogP contribution in [0.3, 0.4) is 0 Å². The molecule has 0 aliphatic heterocycles. The average molecular weight is 210 g/mol. The summed E-state index contributed by atoms with van der Waals surface area (Å²) in [6, 6.07) is 6.20. The fourth-order valence-corrected chi connectivity index (χ4v) is 0.922. The van der Waals surface area contributed by atoms with Crippen molar-refractivity contribution in [2.75, 3.05) is 12.4 Å². The molecule has 0 aromatic heterocycles. The van der Waals surface area contributed by atoms with Crippen LogP contribution >= 0.6 is 0 Å². The molecule has 0 bridgehead atoms. The van der Waals surface area contributed by atoms with Gasteiger partial charge in [0.05, 0.1) is 7.11 Å². The molecule has 0 heterocycles. The summed E-state index contributed by atoms with van der Waals surface area (Å²) in [6.07, 6.45) is -1.52. The topological polar surface area (TPSA) is 90.7 Å². The van der Waals surface area contributed by atoms with E-state index in [2.05, 4.69) is 14.8 Å². The number of methoxy groups -OCH3 is 1. The lowest BCUT2D eigenvalue weighted by molar-refractivity contribution is 0.187. The van der Waals surface area contributed by atoms with Crippen molar-refractivity contribution in [3.63, 3.8) is 0 Å². The van der Waals surface area contributed by atoms with Gasteiger partial charge < -0.3 is 15.2 Å². The summed E-state index contributed by atoms with van der Waals surface area (Å²) < 4.78 is 9.01. The van der Waals surface area contributed by atoms with Gasteiger partial charge in [-0.1, -0.05) is 6.07 Å². The van der Waals surface area contributed by atoms with Crippen LogP contribution in [0.4, 0.5) is 15.3 Å². The molecule has 0 aliphatic carbocycles. The molecule has 0 spiro atoms. The Morgan fingerprint density at radius 1 is 1.40 bits per heavy atom. The van der Waals surface area contributed by atoms with E-state index in [4.69, 9.17) is 5.73 Å². The zero-order valence-corrected chi connectivity index (χ0v) is 8.02. The second kappa shape index (κ2) is 4.85. The second-order valence-corrected chi connectivity index (χ2v) is 2.57. The fourth-order valence-electron chi connectivity index (χ4n) is 0.922. The smallest absolute Gasteiger partial charge is 0.411 e. The molecule has 0 radical (unpaired) electrons. The standard InChI is InChI=1S/C9H10N2O4/c1-14-9(13)11-6-3-2-4-7(5-6)15-8(10)12/h2-5H,1H3,(H2,10,12)(H,11,13). The van der Waals surface area contributed by atoms with Crippen LogP contribution in [-0.4, -0.2) is 19.3 Å². The van der Waals surface area contributed by atoms with E-state index < -0.39 is 12.2 Å². The number of benzene rings is 1. The van der Waals surface area contributed by atoms with Crippen LogP contribution in [0.5, 0.6) is 5.75 Å². The molecule has 0 unspecified atom stereocenters. The maximum Gasteiger partial charge on any atom is 0.411 e. The highest BCUT2D eigenvalue weighted by Crippen LogP contribution is 2.17. The minimum atomic E-state index is -0.912. The predicted molar refractivity (Wildman–Crippen MR) is 52.7 cm³/mol. The van der Waals surface area contributed by atoms with Gasteiger partial charge in [0.25, 0.3) is 0 Å². The minimum absolute atomic E-state index is 0.247. The van der Waals surface area contributed by atoms with E-state index >= 15 is 0 Å². The van der Waals surface area contributed by atoms with E-state index in [1.165, 1.54) is 19.2 Å². The third-order valence-corrected chi connectivity index (χ3v) is 1.48. The van der Waals surface area contributed by atoms with Crippen LogP contribution in [0.2, 0.25) is 0 Å². The summed E-state index contributed by atoms with van der Waals surface area (Å²) in [5.41, 5.74) is 5.27. The second-order valence-electron chi connectivity index (χ2n) is 2.57. The third-order valence-electron chi connectivity index (χ3n) is 1.48. The monoisotopic (exact) mass is 210 g/mol. The molecule has 80 valence electrons. The minimum Gasteiger partial charge on any atom is -0.453 e. The highest BCUT2D eigenvalue weighted by atomic mass is 16.5. The summed E-state index contributed by atoms with van der Waals surface area (Å²) in [7, 11) is 1.25. The molecule has 0 saturated carbocycles. The first-order chi connectivity index (χ1) is 7.11. The number of carbonyl (C=O) groups excluding carboxylic acids is 2. The van der Waals surface area contributed by atoms with E-state index in [0.717, 1.165) is 0 Å². The maximum atomic E-state index is 10.8. The van der Waals surface area contributed by atoms with Crippen LogP contribution in [0.15, 0.2) is 24.3 Å². The Morgan fingerprint density at radius 2 is 2.13 bits per heavy atom. The molecule has 6 heteroatoms. The molecular formula is C9H10N2O4. The first-order valence-corrected chi connectivity index (χ1v) is 4.04. The predicted octanol–water partition coefficient (Wildman–Crippen LogP) is 1.32. The summed E-state index contributed by atoms with van der Waals surface area (Å²) in [6.45, 7) is 0. The molecule has 1 rings (SSSR count).